The zero-order valence-corrected chi connectivity index (χ0v) is 12.2. The van der Waals surface area contributed by atoms with Gasteiger partial charge >= 0.3 is 0 Å². The molecule has 0 radical (unpaired) electrons. The molecule has 3 aromatic rings. The Kier molecular flexibility index (Phi) is 3.97. The molecule has 3 nitrogen and oxygen atoms in total. The van der Waals surface area contributed by atoms with Crippen LogP contribution in [0.3, 0.4) is 0 Å². The Morgan fingerprint density at radius 1 is 0.955 bits per heavy atom. The summed E-state index contributed by atoms with van der Waals surface area (Å²) >= 11 is 0. The molecule has 1 heterocycles. The molecule has 0 saturated carbocycles. The number of hydrogen-bond donors (Lipinski definition) is 0. The van der Waals surface area contributed by atoms with Crippen molar-refractivity contribution in [3.8, 4) is 22.6 Å². The number of carbonyl (C=O) groups excluding carboxylic acids is 1. The second kappa shape index (κ2) is 6.22. The summed E-state index contributed by atoms with van der Waals surface area (Å²) in [5, 5.41) is 0. The fraction of sp³-hybridized carbons (Fsp3) is 0.0526. The summed E-state index contributed by atoms with van der Waals surface area (Å²) in [4.78, 5) is 15.5. The molecular weight excluding hydrogens is 274 g/mol. The van der Waals surface area contributed by atoms with Crippen molar-refractivity contribution >= 4 is 5.78 Å². The Hall–Kier alpha value is -2.94. The summed E-state index contributed by atoms with van der Waals surface area (Å²) in [6.07, 6.45) is 3.47. The molecular formula is C19H15NO2. The maximum Gasteiger partial charge on any atom is 0.159 e. The SMILES string of the molecule is CC(=O)c1ccc(-c2cnccc2Oc2ccccc2)cc1. The number of ether oxygens (including phenoxy) is 1. The van der Waals surface area contributed by atoms with Gasteiger partial charge in [0.15, 0.2) is 5.78 Å². The molecule has 0 aliphatic rings. The first-order valence-electron chi connectivity index (χ1n) is 7.02. The van der Waals surface area contributed by atoms with Crippen molar-refractivity contribution in [1.82, 2.24) is 4.98 Å². The van der Waals surface area contributed by atoms with Crippen molar-refractivity contribution < 1.29 is 9.53 Å². The zero-order valence-electron chi connectivity index (χ0n) is 12.2. The predicted molar refractivity (Wildman–Crippen MR) is 86.2 cm³/mol. The maximum absolute atomic E-state index is 11.4. The summed E-state index contributed by atoms with van der Waals surface area (Å²) in [5.74, 6) is 1.56. The molecule has 3 rings (SSSR count). The number of hydrogen-bond acceptors (Lipinski definition) is 3. The Labute approximate surface area is 129 Å². The first-order chi connectivity index (χ1) is 10.7. The lowest BCUT2D eigenvalue weighted by atomic mass is 10.0. The average Bonchev–Trinajstić information content (AvgIpc) is 2.56. The van der Waals surface area contributed by atoms with Crippen LogP contribution in [0.2, 0.25) is 0 Å². The molecule has 0 amide bonds. The largest absolute Gasteiger partial charge is 0.457 e. The van der Waals surface area contributed by atoms with Crippen LogP contribution in [0.4, 0.5) is 0 Å². The molecule has 2 aromatic carbocycles. The Balaban J connectivity index is 1.95. The number of carbonyl (C=O) groups is 1. The second-order valence-corrected chi connectivity index (χ2v) is 4.92. The van der Waals surface area contributed by atoms with Gasteiger partial charge in [-0.3, -0.25) is 9.78 Å². The number of aromatic nitrogens is 1. The van der Waals surface area contributed by atoms with Gasteiger partial charge < -0.3 is 4.74 Å². The molecule has 22 heavy (non-hydrogen) atoms. The fourth-order valence-electron chi connectivity index (χ4n) is 2.19. The third-order valence-corrected chi connectivity index (χ3v) is 3.35. The molecule has 1 aromatic heterocycles. The van der Waals surface area contributed by atoms with Crippen molar-refractivity contribution in [2.24, 2.45) is 0 Å². The minimum absolute atomic E-state index is 0.0542. The Morgan fingerprint density at radius 2 is 1.68 bits per heavy atom. The number of benzene rings is 2. The molecule has 0 aliphatic carbocycles. The number of rotatable bonds is 4. The van der Waals surface area contributed by atoms with Crippen LogP contribution in [0.15, 0.2) is 73.1 Å². The van der Waals surface area contributed by atoms with Gasteiger partial charge in [0.2, 0.25) is 0 Å². The standard InChI is InChI=1S/C19H15NO2/c1-14(21)15-7-9-16(10-8-15)18-13-20-12-11-19(18)22-17-5-3-2-4-6-17/h2-13H,1H3. The minimum atomic E-state index is 0.0542. The van der Waals surface area contributed by atoms with Crippen molar-refractivity contribution in [3.63, 3.8) is 0 Å². The first kappa shape index (κ1) is 14.0. The van der Waals surface area contributed by atoms with Crippen LogP contribution >= 0.6 is 0 Å². The third-order valence-electron chi connectivity index (χ3n) is 3.35. The van der Waals surface area contributed by atoms with Crippen LogP contribution in [-0.4, -0.2) is 10.8 Å². The summed E-state index contributed by atoms with van der Waals surface area (Å²) < 4.78 is 5.93. The van der Waals surface area contributed by atoms with Crippen LogP contribution in [-0.2, 0) is 0 Å². The van der Waals surface area contributed by atoms with Crippen molar-refractivity contribution in [2.45, 2.75) is 6.92 Å². The molecule has 0 spiro atoms. The van der Waals surface area contributed by atoms with E-state index in [2.05, 4.69) is 4.98 Å². The number of nitrogens with zero attached hydrogens (tertiary/aromatic N) is 1. The number of para-hydroxylation sites is 1. The smallest absolute Gasteiger partial charge is 0.159 e. The summed E-state index contributed by atoms with van der Waals surface area (Å²) in [5.41, 5.74) is 2.55. The van der Waals surface area contributed by atoms with Crippen molar-refractivity contribution in [3.05, 3.63) is 78.6 Å². The van der Waals surface area contributed by atoms with E-state index >= 15 is 0 Å². The van der Waals surface area contributed by atoms with E-state index in [1.54, 1.807) is 19.3 Å². The van der Waals surface area contributed by atoms with Gasteiger partial charge in [0, 0.05) is 23.5 Å². The third kappa shape index (κ3) is 3.04. The summed E-state index contributed by atoms with van der Waals surface area (Å²) in [7, 11) is 0. The fourth-order valence-corrected chi connectivity index (χ4v) is 2.19. The van der Waals surface area contributed by atoms with E-state index in [0.717, 1.165) is 22.6 Å². The van der Waals surface area contributed by atoms with Crippen LogP contribution in [0, 0.1) is 0 Å². The van der Waals surface area contributed by atoms with Gasteiger partial charge in [0.05, 0.1) is 0 Å². The van der Waals surface area contributed by atoms with Crippen LogP contribution in [0.1, 0.15) is 17.3 Å². The molecule has 0 N–H and O–H groups in total. The molecule has 0 fully saturated rings. The number of pyridine rings is 1. The molecule has 0 saturated heterocycles. The first-order valence-corrected chi connectivity index (χ1v) is 7.02. The van der Waals surface area contributed by atoms with Gasteiger partial charge in [0.1, 0.15) is 11.5 Å². The lowest BCUT2D eigenvalue weighted by molar-refractivity contribution is 0.101. The molecule has 0 bridgehead atoms. The lowest BCUT2D eigenvalue weighted by Gasteiger charge is -2.11. The van der Waals surface area contributed by atoms with E-state index in [4.69, 9.17) is 4.74 Å². The highest BCUT2D eigenvalue weighted by Crippen LogP contribution is 2.32. The van der Waals surface area contributed by atoms with Crippen molar-refractivity contribution in [2.75, 3.05) is 0 Å². The minimum Gasteiger partial charge on any atom is -0.457 e. The van der Waals surface area contributed by atoms with Gasteiger partial charge in [-0.2, -0.15) is 0 Å². The van der Waals surface area contributed by atoms with E-state index < -0.39 is 0 Å². The lowest BCUT2D eigenvalue weighted by Crippen LogP contribution is -1.92. The van der Waals surface area contributed by atoms with E-state index in [1.807, 2.05) is 60.7 Å². The Bertz CT molecular complexity index is 780. The number of ketones is 1. The topological polar surface area (TPSA) is 39.2 Å². The highest BCUT2D eigenvalue weighted by molar-refractivity contribution is 5.94. The van der Waals surface area contributed by atoms with Crippen LogP contribution in [0.25, 0.3) is 11.1 Å². The number of Topliss-reactive ketones (excluding diaryl/α,β-unsaturated/α-hetero) is 1. The average molecular weight is 289 g/mol. The monoisotopic (exact) mass is 289 g/mol. The van der Waals surface area contributed by atoms with E-state index in [1.165, 1.54) is 0 Å². The Morgan fingerprint density at radius 3 is 2.36 bits per heavy atom. The highest BCUT2D eigenvalue weighted by Gasteiger charge is 2.08. The van der Waals surface area contributed by atoms with E-state index in [-0.39, 0.29) is 5.78 Å². The van der Waals surface area contributed by atoms with Gasteiger partial charge in [-0.1, -0.05) is 42.5 Å². The highest BCUT2D eigenvalue weighted by atomic mass is 16.5. The molecule has 0 unspecified atom stereocenters. The molecule has 0 atom stereocenters. The van der Waals surface area contributed by atoms with Gasteiger partial charge in [-0.25, -0.2) is 0 Å². The molecule has 3 heteroatoms. The predicted octanol–water partition coefficient (Wildman–Crippen LogP) is 4.74. The maximum atomic E-state index is 11.4. The summed E-state index contributed by atoms with van der Waals surface area (Å²) in [6.45, 7) is 1.56. The molecule has 0 aliphatic heterocycles. The quantitative estimate of drug-likeness (QED) is 0.651. The summed E-state index contributed by atoms with van der Waals surface area (Å²) in [6, 6.07) is 18.9. The van der Waals surface area contributed by atoms with Crippen molar-refractivity contribution in [1.29, 1.82) is 0 Å². The molecule has 108 valence electrons. The van der Waals surface area contributed by atoms with E-state index in [0.29, 0.717) is 5.56 Å². The van der Waals surface area contributed by atoms with Gasteiger partial charge in [-0.05, 0) is 30.7 Å². The van der Waals surface area contributed by atoms with E-state index in [9.17, 15) is 4.79 Å². The second-order valence-electron chi connectivity index (χ2n) is 4.92. The normalized spacial score (nSPS) is 10.2. The van der Waals surface area contributed by atoms with Crippen LogP contribution in [0.5, 0.6) is 11.5 Å². The zero-order chi connectivity index (χ0) is 15.4. The van der Waals surface area contributed by atoms with Crippen LogP contribution < -0.4 is 4.74 Å². The van der Waals surface area contributed by atoms with Gasteiger partial charge in [-0.15, -0.1) is 0 Å². The van der Waals surface area contributed by atoms with Gasteiger partial charge in [0.25, 0.3) is 0 Å².